The average Bonchev–Trinajstić information content (AvgIpc) is 3.54. The molecule has 1 aliphatic rings. The number of hydrogen-bond donors (Lipinski definition) is 4. The highest BCUT2D eigenvalue weighted by molar-refractivity contribution is 9.10. The van der Waals surface area contributed by atoms with E-state index in [1.54, 1.807) is 6.07 Å². The number of carbonyl (C=O) groups is 2. The van der Waals surface area contributed by atoms with E-state index in [4.69, 9.17) is 9.15 Å². The Morgan fingerprint density at radius 2 is 2.00 bits per heavy atom. The van der Waals surface area contributed by atoms with E-state index in [0.29, 0.717) is 32.7 Å². The highest BCUT2D eigenvalue weighted by atomic mass is 79.9. The van der Waals surface area contributed by atoms with E-state index < -0.39 is 30.4 Å². The summed E-state index contributed by atoms with van der Waals surface area (Å²) in [7, 11) is 1.41. The maximum Gasteiger partial charge on any atom is 0.265 e. The Morgan fingerprint density at radius 1 is 1.20 bits per heavy atom. The van der Waals surface area contributed by atoms with Gasteiger partial charge in [-0.1, -0.05) is 0 Å². The molecule has 1 amide bonds. The molecule has 4 aromatic rings. The summed E-state index contributed by atoms with van der Waals surface area (Å²) in [6, 6.07) is 1.73. The number of fused-ring (bicyclic) bond motifs is 2. The van der Waals surface area contributed by atoms with Crippen molar-refractivity contribution in [1.29, 1.82) is 0 Å². The summed E-state index contributed by atoms with van der Waals surface area (Å²) in [5.74, 6) is -0.508. The third kappa shape index (κ3) is 4.01. The zero-order valence-corrected chi connectivity index (χ0v) is 19.9. The zero-order valence-electron chi connectivity index (χ0n) is 18.3. The fourth-order valence-electron chi connectivity index (χ4n) is 3.75. The Kier molecular flexibility index (Phi) is 5.92. The standard InChI is InChI=1S/C20H19BrN8O6/c1-7(30)19-28-16-13(34-19)9(21)3-8(27-16)4-23-15-10-17(25-5-24-15)29(6-26-10)20-12(32)11(31)14(35-20)18(33)22-2/h3,5-6,11-12,14,20,31-32H,4H2,1-2H3,(H,22,33)(H,23,24,25)/t11-,12+,14-,20+/m0/s1. The van der Waals surface area contributed by atoms with Crippen LogP contribution in [0.25, 0.3) is 22.4 Å². The molecular weight excluding hydrogens is 528 g/mol. The van der Waals surface area contributed by atoms with Crippen LogP contribution >= 0.6 is 15.9 Å². The average molecular weight is 547 g/mol. The third-order valence-electron chi connectivity index (χ3n) is 5.48. The molecule has 0 unspecified atom stereocenters. The van der Waals surface area contributed by atoms with Crippen LogP contribution in [0.2, 0.25) is 0 Å². The molecule has 0 aliphatic carbocycles. The molecular formula is C20H19BrN8O6. The smallest absolute Gasteiger partial charge is 0.265 e. The van der Waals surface area contributed by atoms with Crippen LogP contribution in [0.4, 0.5) is 5.82 Å². The Morgan fingerprint density at radius 3 is 2.74 bits per heavy atom. The van der Waals surface area contributed by atoms with Gasteiger partial charge in [-0.15, -0.1) is 0 Å². The molecule has 35 heavy (non-hydrogen) atoms. The number of pyridine rings is 1. The molecule has 1 saturated heterocycles. The summed E-state index contributed by atoms with van der Waals surface area (Å²) < 4.78 is 13.1. The largest absolute Gasteiger partial charge is 0.431 e. The van der Waals surface area contributed by atoms with Gasteiger partial charge < -0.3 is 30.0 Å². The number of ether oxygens (including phenoxy) is 1. The molecule has 182 valence electrons. The topological polar surface area (TPSA) is 190 Å². The summed E-state index contributed by atoms with van der Waals surface area (Å²) >= 11 is 3.41. The fraction of sp³-hybridized carbons (Fsp3) is 0.350. The number of imidazole rings is 1. The maximum absolute atomic E-state index is 12.0. The van der Waals surface area contributed by atoms with Gasteiger partial charge in [0.15, 0.2) is 34.9 Å². The van der Waals surface area contributed by atoms with Crippen LogP contribution in [-0.2, 0) is 16.1 Å². The molecule has 4 N–H and O–H groups in total. The molecule has 4 aromatic heterocycles. The number of hydrogen-bond acceptors (Lipinski definition) is 12. The van der Waals surface area contributed by atoms with Crippen molar-refractivity contribution in [1.82, 2.24) is 34.8 Å². The van der Waals surface area contributed by atoms with Crippen molar-refractivity contribution in [2.75, 3.05) is 12.4 Å². The fourth-order valence-corrected chi connectivity index (χ4v) is 4.28. The molecule has 1 fully saturated rings. The lowest BCUT2D eigenvalue weighted by atomic mass is 10.1. The lowest BCUT2D eigenvalue weighted by molar-refractivity contribution is -0.137. The minimum atomic E-state index is -1.42. The second-order valence-electron chi connectivity index (χ2n) is 7.77. The molecule has 0 spiro atoms. The minimum Gasteiger partial charge on any atom is -0.431 e. The Bertz CT molecular complexity index is 1450. The predicted molar refractivity (Wildman–Crippen MR) is 122 cm³/mol. The number of aliphatic hydroxyl groups is 2. The third-order valence-corrected chi connectivity index (χ3v) is 6.07. The number of amides is 1. The first-order valence-electron chi connectivity index (χ1n) is 10.4. The van der Waals surface area contributed by atoms with E-state index in [0.717, 1.165) is 0 Å². The molecule has 0 saturated carbocycles. The number of ketones is 1. The second-order valence-corrected chi connectivity index (χ2v) is 8.62. The van der Waals surface area contributed by atoms with Crippen LogP contribution < -0.4 is 10.6 Å². The number of nitrogens with one attached hydrogen (secondary N) is 2. The first kappa shape index (κ1) is 23.2. The first-order valence-corrected chi connectivity index (χ1v) is 11.2. The number of aliphatic hydroxyl groups excluding tert-OH is 2. The molecule has 1 aliphatic heterocycles. The van der Waals surface area contributed by atoms with Gasteiger partial charge in [-0.05, 0) is 22.0 Å². The summed E-state index contributed by atoms with van der Waals surface area (Å²) in [5.41, 5.74) is 1.94. The van der Waals surface area contributed by atoms with Crippen LogP contribution in [-0.4, -0.2) is 76.8 Å². The molecule has 5 heterocycles. The van der Waals surface area contributed by atoms with E-state index in [2.05, 4.69) is 51.5 Å². The lowest BCUT2D eigenvalue weighted by Gasteiger charge is -2.16. The van der Waals surface area contributed by atoms with E-state index in [1.807, 2.05) is 0 Å². The summed E-state index contributed by atoms with van der Waals surface area (Å²) in [4.78, 5) is 44.8. The van der Waals surface area contributed by atoms with Crippen LogP contribution in [0.3, 0.4) is 0 Å². The van der Waals surface area contributed by atoms with E-state index in [-0.39, 0.29) is 23.9 Å². The van der Waals surface area contributed by atoms with Crippen LogP contribution in [0.1, 0.15) is 29.5 Å². The van der Waals surface area contributed by atoms with Crippen LogP contribution in [0.15, 0.2) is 27.6 Å². The zero-order chi connectivity index (χ0) is 24.9. The van der Waals surface area contributed by atoms with Crippen molar-refractivity contribution in [3.63, 3.8) is 0 Å². The highest BCUT2D eigenvalue weighted by Gasteiger charge is 2.47. The number of aromatic nitrogens is 6. The molecule has 0 radical (unpaired) electrons. The summed E-state index contributed by atoms with van der Waals surface area (Å²) in [5, 5.41) is 26.2. The van der Waals surface area contributed by atoms with E-state index in [9.17, 15) is 19.8 Å². The predicted octanol–water partition coefficient (Wildman–Crippen LogP) is 0.305. The van der Waals surface area contributed by atoms with Crippen molar-refractivity contribution in [3.8, 4) is 0 Å². The molecule has 0 aromatic carbocycles. The van der Waals surface area contributed by atoms with Gasteiger partial charge in [-0.3, -0.25) is 14.2 Å². The number of anilines is 1. The maximum atomic E-state index is 12.0. The SMILES string of the molecule is CNC(=O)[C@H]1O[C@@H](n2cnc3c(NCc4cc(Br)c5oc(C(C)=O)nc5n4)ncnc32)[C@H](O)[C@@H]1O. The van der Waals surface area contributed by atoms with Gasteiger partial charge in [0, 0.05) is 14.0 Å². The number of rotatable bonds is 6. The number of likely N-dealkylation sites (N-methyl/N-ethyl adjacent to an activating group) is 1. The van der Waals surface area contributed by atoms with Gasteiger partial charge in [-0.25, -0.2) is 19.9 Å². The van der Waals surface area contributed by atoms with E-state index >= 15 is 0 Å². The molecule has 4 atom stereocenters. The van der Waals surface area contributed by atoms with Crippen LogP contribution in [0.5, 0.6) is 0 Å². The number of halogens is 1. The van der Waals surface area contributed by atoms with Gasteiger partial charge in [0.25, 0.3) is 11.8 Å². The van der Waals surface area contributed by atoms with Gasteiger partial charge in [-0.2, -0.15) is 4.98 Å². The summed E-state index contributed by atoms with van der Waals surface area (Å²) in [6.45, 7) is 1.59. The van der Waals surface area contributed by atoms with Crippen molar-refractivity contribution in [2.24, 2.45) is 0 Å². The van der Waals surface area contributed by atoms with Crippen molar-refractivity contribution < 1.29 is 29.0 Å². The quantitative estimate of drug-likeness (QED) is 0.242. The summed E-state index contributed by atoms with van der Waals surface area (Å²) in [6.07, 6.45) is -2.43. The molecule has 5 rings (SSSR count). The Balaban J connectivity index is 1.40. The van der Waals surface area contributed by atoms with Gasteiger partial charge in [0.05, 0.1) is 23.0 Å². The Hall–Kier alpha value is -3.53. The van der Waals surface area contributed by atoms with Crippen molar-refractivity contribution >= 4 is 55.8 Å². The molecule has 0 bridgehead atoms. The number of nitrogens with zero attached hydrogens (tertiary/aromatic N) is 6. The molecule has 14 nitrogen and oxygen atoms in total. The normalized spacial score (nSPS) is 22.1. The Labute approximate surface area is 204 Å². The lowest BCUT2D eigenvalue weighted by Crippen LogP contribution is -2.41. The van der Waals surface area contributed by atoms with Gasteiger partial charge in [0.2, 0.25) is 11.4 Å². The highest BCUT2D eigenvalue weighted by Crippen LogP contribution is 2.32. The number of carbonyl (C=O) groups excluding carboxylic acids is 2. The van der Waals surface area contributed by atoms with Gasteiger partial charge in [0.1, 0.15) is 18.5 Å². The van der Waals surface area contributed by atoms with Gasteiger partial charge >= 0.3 is 0 Å². The second kappa shape index (κ2) is 8.92. The monoisotopic (exact) mass is 546 g/mol. The first-order chi connectivity index (χ1) is 16.8. The van der Waals surface area contributed by atoms with Crippen LogP contribution in [0, 0.1) is 0 Å². The molecule has 15 heteroatoms. The number of oxazole rings is 1. The van der Waals surface area contributed by atoms with E-state index in [1.165, 1.54) is 31.2 Å². The van der Waals surface area contributed by atoms with Crippen molar-refractivity contribution in [3.05, 3.63) is 34.8 Å². The minimum absolute atomic E-state index is 0.0264. The van der Waals surface area contributed by atoms with Crippen molar-refractivity contribution in [2.45, 2.75) is 38.0 Å². The number of Topliss-reactive ketones (excluding diaryl/α,β-unsaturated/α-hetero) is 1.